The first kappa shape index (κ1) is 28.4. The summed E-state index contributed by atoms with van der Waals surface area (Å²) in [7, 11) is 0. The zero-order valence-corrected chi connectivity index (χ0v) is 27.4. The molecule has 0 bridgehead atoms. The number of hydrogen-bond donors (Lipinski definition) is 0. The van der Waals surface area contributed by atoms with E-state index in [0.29, 0.717) is 0 Å². The number of nitrogens with zero attached hydrogens (tertiary/aromatic N) is 2. The molecule has 10 aromatic rings. The zero-order chi connectivity index (χ0) is 33.0. The van der Waals surface area contributed by atoms with Gasteiger partial charge in [-0.05, 0) is 82.4 Å². The number of aromatic nitrogens is 2. The molecule has 2 nitrogen and oxygen atoms in total. The smallest absolute Gasteiger partial charge is 0.0546 e. The highest BCUT2D eigenvalue weighted by Crippen LogP contribution is 2.42. The van der Waals surface area contributed by atoms with Crippen molar-refractivity contribution in [3.63, 3.8) is 0 Å². The Bertz CT molecular complexity index is 2840. The molecule has 2 heterocycles. The predicted octanol–water partition coefficient (Wildman–Crippen LogP) is 12.9. The molecule has 0 atom stereocenters. The molecule has 10 rings (SSSR count). The van der Waals surface area contributed by atoms with E-state index in [0.717, 1.165) is 0 Å². The lowest BCUT2D eigenvalue weighted by Gasteiger charge is -2.18. The molecule has 0 aliphatic heterocycles. The van der Waals surface area contributed by atoms with Crippen molar-refractivity contribution in [2.75, 3.05) is 0 Å². The molecule has 0 radical (unpaired) electrons. The minimum Gasteiger partial charge on any atom is -0.309 e. The second kappa shape index (κ2) is 11.5. The van der Waals surface area contributed by atoms with Crippen LogP contribution in [0.4, 0.5) is 0 Å². The molecule has 0 unspecified atom stereocenters. The summed E-state index contributed by atoms with van der Waals surface area (Å²) < 4.78 is 4.83. The van der Waals surface area contributed by atoms with Crippen molar-refractivity contribution in [1.29, 1.82) is 0 Å². The third-order valence-electron chi connectivity index (χ3n) is 10.1. The SMILES string of the molecule is c1ccc(-c2cccc(-n3c4ccccc4c4cc(-c5ccc6c(c5)c5ccccc5n6-c5ccccc5)ccc43)c2-c2ccccc2)cc1. The van der Waals surface area contributed by atoms with Crippen LogP contribution in [0.25, 0.3) is 88.4 Å². The molecule has 0 aliphatic rings. The minimum absolute atomic E-state index is 1.17. The molecule has 8 aromatic carbocycles. The molecule has 50 heavy (non-hydrogen) atoms. The van der Waals surface area contributed by atoms with Crippen LogP contribution in [-0.4, -0.2) is 9.13 Å². The van der Waals surface area contributed by atoms with E-state index >= 15 is 0 Å². The summed E-state index contributed by atoms with van der Waals surface area (Å²) in [4.78, 5) is 0. The highest BCUT2D eigenvalue weighted by atomic mass is 15.0. The average Bonchev–Trinajstić information content (AvgIpc) is 3.71. The Morgan fingerprint density at radius 2 is 0.760 bits per heavy atom. The van der Waals surface area contributed by atoms with Gasteiger partial charge in [0.05, 0.1) is 27.8 Å². The van der Waals surface area contributed by atoms with Gasteiger partial charge in [-0.3, -0.25) is 0 Å². The Kier molecular flexibility index (Phi) is 6.53. The van der Waals surface area contributed by atoms with Gasteiger partial charge in [0.1, 0.15) is 0 Å². The molecule has 2 heteroatoms. The normalized spacial score (nSPS) is 11.6. The van der Waals surface area contributed by atoms with E-state index in [9.17, 15) is 0 Å². The summed E-state index contributed by atoms with van der Waals surface area (Å²) >= 11 is 0. The highest BCUT2D eigenvalue weighted by Gasteiger charge is 2.20. The van der Waals surface area contributed by atoms with Crippen LogP contribution in [0.3, 0.4) is 0 Å². The van der Waals surface area contributed by atoms with Crippen LogP contribution in [-0.2, 0) is 0 Å². The summed E-state index contributed by atoms with van der Waals surface area (Å²) in [6.07, 6.45) is 0. The van der Waals surface area contributed by atoms with E-state index in [1.165, 1.54) is 88.4 Å². The maximum Gasteiger partial charge on any atom is 0.0546 e. The quantitative estimate of drug-likeness (QED) is 0.178. The fourth-order valence-corrected chi connectivity index (χ4v) is 7.91. The van der Waals surface area contributed by atoms with Gasteiger partial charge in [0.25, 0.3) is 0 Å². The number of fused-ring (bicyclic) bond motifs is 6. The molecule has 0 spiro atoms. The Labute approximate surface area is 290 Å². The van der Waals surface area contributed by atoms with Crippen molar-refractivity contribution in [3.8, 4) is 44.8 Å². The lowest BCUT2D eigenvalue weighted by molar-refractivity contribution is 1.18. The van der Waals surface area contributed by atoms with Gasteiger partial charge in [-0.2, -0.15) is 0 Å². The van der Waals surface area contributed by atoms with Gasteiger partial charge in [0.15, 0.2) is 0 Å². The maximum absolute atomic E-state index is 2.46. The number of hydrogen-bond acceptors (Lipinski definition) is 0. The van der Waals surface area contributed by atoms with Crippen LogP contribution >= 0.6 is 0 Å². The first-order valence-electron chi connectivity index (χ1n) is 17.2. The van der Waals surface area contributed by atoms with Crippen molar-refractivity contribution in [2.45, 2.75) is 0 Å². The van der Waals surface area contributed by atoms with E-state index in [1.54, 1.807) is 0 Å². The van der Waals surface area contributed by atoms with E-state index < -0.39 is 0 Å². The third-order valence-corrected chi connectivity index (χ3v) is 10.1. The highest BCUT2D eigenvalue weighted by molar-refractivity contribution is 6.13. The predicted molar refractivity (Wildman–Crippen MR) is 211 cm³/mol. The summed E-state index contributed by atoms with van der Waals surface area (Å²) in [5.41, 5.74) is 14.4. The largest absolute Gasteiger partial charge is 0.309 e. The van der Waals surface area contributed by atoms with Gasteiger partial charge in [-0.15, -0.1) is 0 Å². The number of rotatable bonds is 5. The van der Waals surface area contributed by atoms with Crippen molar-refractivity contribution in [2.24, 2.45) is 0 Å². The fraction of sp³-hybridized carbons (Fsp3) is 0. The molecule has 0 fully saturated rings. The van der Waals surface area contributed by atoms with Crippen LogP contribution in [0.5, 0.6) is 0 Å². The zero-order valence-electron chi connectivity index (χ0n) is 27.4. The molecular formula is C48H32N2. The lowest BCUT2D eigenvalue weighted by atomic mass is 9.93. The second-order valence-corrected chi connectivity index (χ2v) is 12.9. The second-order valence-electron chi connectivity index (χ2n) is 12.9. The summed E-state index contributed by atoms with van der Waals surface area (Å²) in [6.45, 7) is 0. The first-order valence-corrected chi connectivity index (χ1v) is 17.2. The average molecular weight is 637 g/mol. The molecule has 0 saturated heterocycles. The molecule has 0 amide bonds. The monoisotopic (exact) mass is 636 g/mol. The van der Waals surface area contributed by atoms with Gasteiger partial charge in [-0.1, -0.05) is 140 Å². The molecule has 0 saturated carbocycles. The van der Waals surface area contributed by atoms with Gasteiger partial charge in [0.2, 0.25) is 0 Å². The summed E-state index contributed by atoms with van der Waals surface area (Å²) in [5.74, 6) is 0. The van der Waals surface area contributed by atoms with Crippen LogP contribution < -0.4 is 0 Å². The fourth-order valence-electron chi connectivity index (χ4n) is 7.91. The molecule has 0 N–H and O–H groups in total. The van der Waals surface area contributed by atoms with Crippen LogP contribution in [0.15, 0.2) is 194 Å². The van der Waals surface area contributed by atoms with Gasteiger partial charge in [0, 0.05) is 32.8 Å². The first-order chi connectivity index (χ1) is 24.8. The molecule has 234 valence electrons. The molecule has 0 aliphatic carbocycles. The molecular weight excluding hydrogens is 605 g/mol. The summed E-state index contributed by atoms with van der Waals surface area (Å²) in [6, 6.07) is 70.4. The van der Waals surface area contributed by atoms with E-state index in [4.69, 9.17) is 0 Å². The van der Waals surface area contributed by atoms with Gasteiger partial charge in [-0.25, -0.2) is 0 Å². The Morgan fingerprint density at radius 3 is 1.38 bits per heavy atom. The van der Waals surface area contributed by atoms with E-state index in [2.05, 4.69) is 203 Å². The number of para-hydroxylation sites is 3. The summed E-state index contributed by atoms with van der Waals surface area (Å²) in [5, 5.41) is 5.01. The van der Waals surface area contributed by atoms with Crippen molar-refractivity contribution in [1.82, 2.24) is 9.13 Å². The molecule has 2 aromatic heterocycles. The minimum atomic E-state index is 1.17. The van der Waals surface area contributed by atoms with Crippen LogP contribution in [0, 0.1) is 0 Å². The number of benzene rings is 8. The van der Waals surface area contributed by atoms with E-state index in [-0.39, 0.29) is 0 Å². The third kappa shape index (κ3) is 4.43. The van der Waals surface area contributed by atoms with Gasteiger partial charge >= 0.3 is 0 Å². The Hall–Kier alpha value is -6.64. The standard InChI is InChI=1S/C48H32N2/c1-4-15-33(16-5-1)38-23-14-26-47(48(38)34-17-6-2-7-18-34)50-44-25-13-11-22-40(44)42-32-36(28-30-46(42)50)35-27-29-45-41(31-35)39-21-10-12-24-43(39)49(45)37-19-8-3-9-20-37/h1-32H. The van der Waals surface area contributed by atoms with Gasteiger partial charge < -0.3 is 9.13 Å². The maximum atomic E-state index is 2.46. The van der Waals surface area contributed by atoms with Crippen LogP contribution in [0.2, 0.25) is 0 Å². The topological polar surface area (TPSA) is 9.86 Å². The van der Waals surface area contributed by atoms with Crippen molar-refractivity contribution >= 4 is 43.6 Å². The van der Waals surface area contributed by atoms with E-state index in [1.807, 2.05) is 0 Å². The lowest BCUT2D eigenvalue weighted by Crippen LogP contribution is -1.99. The van der Waals surface area contributed by atoms with Crippen molar-refractivity contribution in [3.05, 3.63) is 194 Å². The van der Waals surface area contributed by atoms with Crippen molar-refractivity contribution < 1.29 is 0 Å². The Balaban J connectivity index is 1.20. The Morgan fingerprint density at radius 1 is 0.280 bits per heavy atom. The van der Waals surface area contributed by atoms with Crippen LogP contribution in [0.1, 0.15) is 0 Å².